The number of hydrogen-bond acceptors (Lipinski definition) is 4. The van der Waals surface area contributed by atoms with Gasteiger partial charge in [-0.05, 0) is 42.3 Å². The van der Waals surface area contributed by atoms with Crippen LogP contribution in [-0.4, -0.2) is 36.2 Å². The molecule has 168 valence electrons. The predicted octanol–water partition coefficient (Wildman–Crippen LogP) is 4.93. The molecule has 6 heteroatoms. The fourth-order valence-corrected chi connectivity index (χ4v) is 4.65. The smallest absolute Gasteiger partial charge is 0.227 e. The summed E-state index contributed by atoms with van der Waals surface area (Å²) in [5, 5.41) is 0. The molecule has 1 saturated heterocycles. The Kier molecular flexibility index (Phi) is 5.50. The van der Waals surface area contributed by atoms with Crippen molar-refractivity contribution in [1.29, 1.82) is 0 Å². The van der Waals surface area contributed by atoms with Crippen molar-refractivity contribution in [2.45, 2.75) is 25.8 Å². The van der Waals surface area contributed by atoms with E-state index < -0.39 is 0 Å². The fourth-order valence-electron chi connectivity index (χ4n) is 4.65. The van der Waals surface area contributed by atoms with Gasteiger partial charge in [0.25, 0.3) is 0 Å². The van der Waals surface area contributed by atoms with E-state index in [1.54, 1.807) is 19.1 Å². The zero-order chi connectivity index (χ0) is 22.9. The van der Waals surface area contributed by atoms with Crippen molar-refractivity contribution in [2.24, 2.45) is 0 Å². The SMILES string of the molecule is COc1ccc(OC)c(N2CC(c3nc4ccccc4n3Cc3ccccc3C)CC2=O)c1. The molecule has 5 rings (SSSR count). The lowest BCUT2D eigenvalue weighted by Gasteiger charge is -2.20. The van der Waals surface area contributed by atoms with Gasteiger partial charge in [0.05, 0.1) is 30.9 Å². The molecule has 1 aromatic heterocycles. The highest BCUT2D eigenvalue weighted by Crippen LogP contribution is 2.39. The monoisotopic (exact) mass is 441 g/mol. The molecule has 1 amide bonds. The van der Waals surface area contributed by atoms with Crippen LogP contribution in [0.25, 0.3) is 11.0 Å². The van der Waals surface area contributed by atoms with Crippen molar-refractivity contribution < 1.29 is 14.3 Å². The molecule has 1 fully saturated rings. The van der Waals surface area contributed by atoms with Gasteiger partial charge in [-0.2, -0.15) is 0 Å². The van der Waals surface area contributed by atoms with E-state index >= 15 is 0 Å². The van der Waals surface area contributed by atoms with Crippen LogP contribution in [0.3, 0.4) is 0 Å². The van der Waals surface area contributed by atoms with Crippen LogP contribution in [0.2, 0.25) is 0 Å². The van der Waals surface area contributed by atoms with Crippen LogP contribution in [-0.2, 0) is 11.3 Å². The number of amides is 1. The van der Waals surface area contributed by atoms with Crippen molar-refractivity contribution in [2.75, 3.05) is 25.7 Å². The number of imidazole rings is 1. The average Bonchev–Trinajstić information content (AvgIpc) is 3.40. The summed E-state index contributed by atoms with van der Waals surface area (Å²) >= 11 is 0. The molecule has 0 radical (unpaired) electrons. The van der Waals surface area contributed by atoms with Crippen LogP contribution in [0.15, 0.2) is 66.7 Å². The highest BCUT2D eigenvalue weighted by molar-refractivity contribution is 5.98. The Morgan fingerprint density at radius 2 is 1.79 bits per heavy atom. The number of hydrogen-bond donors (Lipinski definition) is 0. The van der Waals surface area contributed by atoms with E-state index in [1.807, 2.05) is 36.4 Å². The second kappa shape index (κ2) is 8.62. The average molecular weight is 442 g/mol. The number of benzene rings is 3. The number of carbonyl (C=O) groups excluding carboxylic acids is 1. The number of para-hydroxylation sites is 2. The summed E-state index contributed by atoms with van der Waals surface area (Å²) < 4.78 is 13.2. The predicted molar refractivity (Wildman–Crippen MR) is 129 cm³/mol. The zero-order valence-electron chi connectivity index (χ0n) is 19.1. The molecule has 1 unspecified atom stereocenters. The summed E-state index contributed by atoms with van der Waals surface area (Å²) in [5.74, 6) is 2.31. The third kappa shape index (κ3) is 3.82. The maximum Gasteiger partial charge on any atom is 0.227 e. The van der Waals surface area contributed by atoms with Crippen molar-refractivity contribution in [1.82, 2.24) is 9.55 Å². The first kappa shape index (κ1) is 21.1. The Hall–Kier alpha value is -3.80. The molecule has 0 aliphatic carbocycles. The molecule has 6 nitrogen and oxygen atoms in total. The van der Waals surface area contributed by atoms with Crippen molar-refractivity contribution >= 4 is 22.6 Å². The fraction of sp³-hybridized carbons (Fsp3) is 0.259. The number of aryl methyl sites for hydroxylation is 1. The zero-order valence-corrected chi connectivity index (χ0v) is 19.1. The van der Waals surface area contributed by atoms with Gasteiger partial charge in [-0.15, -0.1) is 0 Å². The van der Waals surface area contributed by atoms with E-state index in [2.05, 4.69) is 41.8 Å². The third-order valence-corrected chi connectivity index (χ3v) is 6.44. The number of rotatable bonds is 6. The standard InChI is InChI=1S/C27H27N3O3/c1-18-8-4-5-9-19(18)16-30-23-11-7-6-10-22(23)28-27(30)20-14-26(31)29(17-20)24-15-21(32-2)12-13-25(24)33-3/h4-13,15,20H,14,16-17H2,1-3H3. The number of fused-ring (bicyclic) bond motifs is 1. The molecule has 33 heavy (non-hydrogen) atoms. The van der Waals surface area contributed by atoms with E-state index in [9.17, 15) is 4.79 Å². The number of nitrogens with zero attached hydrogens (tertiary/aromatic N) is 3. The van der Waals surface area contributed by atoms with Crippen molar-refractivity contribution in [3.05, 3.63) is 83.7 Å². The molecule has 0 saturated carbocycles. The summed E-state index contributed by atoms with van der Waals surface area (Å²) in [6, 6.07) is 22.1. The van der Waals surface area contributed by atoms with Gasteiger partial charge in [0, 0.05) is 31.5 Å². The van der Waals surface area contributed by atoms with Crippen LogP contribution < -0.4 is 14.4 Å². The molecular weight excluding hydrogens is 414 g/mol. The van der Waals surface area contributed by atoms with Crippen molar-refractivity contribution in [3.8, 4) is 11.5 Å². The minimum atomic E-state index is -0.0233. The maximum atomic E-state index is 13.2. The summed E-state index contributed by atoms with van der Waals surface area (Å²) in [7, 11) is 3.24. The molecule has 0 N–H and O–H groups in total. The van der Waals surface area contributed by atoms with Crippen LogP contribution in [0.1, 0.15) is 29.3 Å². The minimum absolute atomic E-state index is 0.0233. The Labute approximate surface area is 193 Å². The Bertz CT molecular complexity index is 1330. The first-order chi connectivity index (χ1) is 16.1. The number of methoxy groups -OCH3 is 2. The van der Waals surface area contributed by atoms with Crippen LogP contribution >= 0.6 is 0 Å². The quantitative estimate of drug-likeness (QED) is 0.426. The van der Waals surface area contributed by atoms with Gasteiger partial charge in [0.15, 0.2) is 0 Å². The van der Waals surface area contributed by atoms with Gasteiger partial charge in [0.1, 0.15) is 17.3 Å². The molecule has 3 aromatic carbocycles. The van der Waals surface area contributed by atoms with E-state index in [0.29, 0.717) is 24.5 Å². The first-order valence-corrected chi connectivity index (χ1v) is 11.1. The summed E-state index contributed by atoms with van der Waals surface area (Å²) in [6.07, 6.45) is 0.400. The summed E-state index contributed by atoms with van der Waals surface area (Å²) in [5.41, 5.74) is 5.25. The van der Waals surface area contributed by atoms with Gasteiger partial charge >= 0.3 is 0 Å². The van der Waals surface area contributed by atoms with Gasteiger partial charge < -0.3 is 18.9 Å². The second-order valence-electron chi connectivity index (χ2n) is 8.41. The maximum absolute atomic E-state index is 13.2. The highest BCUT2D eigenvalue weighted by atomic mass is 16.5. The Morgan fingerprint density at radius 1 is 1.00 bits per heavy atom. The molecule has 1 atom stereocenters. The highest BCUT2D eigenvalue weighted by Gasteiger charge is 2.36. The molecule has 4 aromatic rings. The number of carbonyl (C=O) groups is 1. The normalized spacial score (nSPS) is 15.9. The summed E-state index contributed by atoms with van der Waals surface area (Å²) in [6.45, 7) is 3.39. The van der Waals surface area contributed by atoms with Crippen LogP contribution in [0.5, 0.6) is 11.5 Å². The lowest BCUT2D eigenvalue weighted by molar-refractivity contribution is -0.117. The Balaban J connectivity index is 1.54. The first-order valence-electron chi connectivity index (χ1n) is 11.1. The number of aromatic nitrogens is 2. The molecule has 0 bridgehead atoms. The van der Waals surface area contributed by atoms with Gasteiger partial charge in [-0.3, -0.25) is 4.79 Å². The van der Waals surface area contributed by atoms with E-state index in [1.165, 1.54) is 11.1 Å². The van der Waals surface area contributed by atoms with Gasteiger partial charge in [0.2, 0.25) is 5.91 Å². The van der Waals surface area contributed by atoms with Gasteiger partial charge in [-0.1, -0.05) is 36.4 Å². The largest absolute Gasteiger partial charge is 0.497 e. The third-order valence-electron chi connectivity index (χ3n) is 6.44. The molecule has 2 heterocycles. The van der Waals surface area contributed by atoms with Crippen LogP contribution in [0, 0.1) is 6.92 Å². The second-order valence-corrected chi connectivity index (χ2v) is 8.41. The van der Waals surface area contributed by atoms with Gasteiger partial charge in [-0.25, -0.2) is 4.98 Å². The summed E-state index contributed by atoms with van der Waals surface area (Å²) in [4.78, 5) is 19.9. The van der Waals surface area contributed by atoms with Crippen molar-refractivity contribution in [3.63, 3.8) is 0 Å². The minimum Gasteiger partial charge on any atom is -0.497 e. The Morgan fingerprint density at radius 3 is 2.58 bits per heavy atom. The lowest BCUT2D eigenvalue weighted by Crippen LogP contribution is -2.25. The van der Waals surface area contributed by atoms with E-state index in [0.717, 1.165) is 29.1 Å². The van der Waals surface area contributed by atoms with Crippen LogP contribution in [0.4, 0.5) is 5.69 Å². The molecule has 1 aliphatic heterocycles. The molecule has 1 aliphatic rings. The molecule has 0 spiro atoms. The number of anilines is 1. The topological polar surface area (TPSA) is 56.6 Å². The van der Waals surface area contributed by atoms with E-state index in [4.69, 9.17) is 14.5 Å². The molecular formula is C27H27N3O3. The van der Waals surface area contributed by atoms with E-state index in [-0.39, 0.29) is 11.8 Å². The number of ether oxygens (including phenoxy) is 2. The lowest BCUT2D eigenvalue weighted by atomic mass is 10.1.